The molecule has 4 aromatic rings. The largest absolute Gasteiger partial charge is 0.345 e. The van der Waals surface area contributed by atoms with E-state index in [9.17, 15) is 13.6 Å². The summed E-state index contributed by atoms with van der Waals surface area (Å²) in [5, 5.41) is 3.34. The SMILES string of the molecule is CC1=CC(C(=O)CC2=CCC(F)(F)CC2)=Cc2ccc(-c3nccc(Nc4ccc(-c5cnc[nH]5)cc4)n3)cc2C1.[HH].[HH]. The van der Waals surface area contributed by atoms with Gasteiger partial charge in [-0.1, -0.05) is 47.6 Å². The second-order valence-corrected chi connectivity index (χ2v) is 10.6. The van der Waals surface area contributed by atoms with E-state index in [1.54, 1.807) is 18.7 Å². The van der Waals surface area contributed by atoms with E-state index >= 15 is 0 Å². The van der Waals surface area contributed by atoms with Crippen LogP contribution < -0.4 is 5.32 Å². The number of nitrogens with zero attached hydrogens (tertiary/aromatic N) is 3. The van der Waals surface area contributed by atoms with E-state index in [0.717, 1.165) is 44.8 Å². The van der Waals surface area contributed by atoms with Gasteiger partial charge in [0.1, 0.15) is 5.82 Å². The van der Waals surface area contributed by atoms with Gasteiger partial charge < -0.3 is 10.3 Å². The smallest absolute Gasteiger partial charge is 0.251 e. The quantitative estimate of drug-likeness (QED) is 0.225. The number of aromatic amines is 1. The summed E-state index contributed by atoms with van der Waals surface area (Å²) in [7, 11) is 0. The first-order chi connectivity index (χ1) is 19.8. The number of nitrogens with one attached hydrogen (secondary N) is 2. The fourth-order valence-electron chi connectivity index (χ4n) is 5.20. The highest BCUT2D eigenvalue weighted by Crippen LogP contribution is 2.34. The van der Waals surface area contributed by atoms with E-state index in [1.807, 2.05) is 61.5 Å². The van der Waals surface area contributed by atoms with E-state index in [0.29, 0.717) is 23.6 Å². The number of carbonyl (C=O) groups is 1. The molecule has 0 unspecified atom stereocenters. The van der Waals surface area contributed by atoms with Crippen LogP contribution in [0.3, 0.4) is 0 Å². The van der Waals surface area contributed by atoms with Crippen molar-refractivity contribution in [1.29, 1.82) is 0 Å². The van der Waals surface area contributed by atoms with Gasteiger partial charge in [-0.15, -0.1) is 0 Å². The van der Waals surface area contributed by atoms with Gasteiger partial charge in [0.15, 0.2) is 11.6 Å². The normalized spacial score (nSPS) is 16.1. The van der Waals surface area contributed by atoms with Crippen molar-refractivity contribution in [2.45, 2.75) is 45.0 Å². The standard InChI is InChI=1S/C33H29F2N5O.2H2/c1-21-14-26-18-25(3-2-24(26)17-27(15-21)30(41)16-22-8-11-33(34,35)12-9-22)32-37-13-10-31(40-32)39-28-6-4-23(5-7-28)29-19-36-20-38-29;;/h2-8,10,13,15,17-20H,9,11-12,14,16H2,1H3,(H,36,38)(H,37,39,40);2*1H. The summed E-state index contributed by atoms with van der Waals surface area (Å²) in [4.78, 5) is 29.5. The summed E-state index contributed by atoms with van der Waals surface area (Å²) in [5.41, 5.74) is 8.27. The molecule has 6 rings (SSSR count). The molecule has 41 heavy (non-hydrogen) atoms. The highest BCUT2D eigenvalue weighted by molar-refractivity contribution is 6.04. The van der Waals surface area contributed by atoms with E-state index in [4.69, 9.17) is 4.98 Å². The minimum absolute atomic E-state index is 0. The highest BCUT2D eigenvalue weighted by Gasteiger charge is 2.31. The van der Waals surface area contributed by atoms with Crippen LogP contribution in [0.2, 0.25) is 0 Å². The summed E-state index contributed by atoms with van der Waals surface area (Å²) in [5.74, 6) is -1.43. The van der Waals surface area contributed by atoms with Crippen LogP contribution in [-0.4, -0.2) is 31.6 Å². The lowest BCUT2D eigenvalue weighted by molar-refractivity contribution is -0.114. The maximum absolute atomic E-state index is 13.5. The summed E-state index contributed by atoms with van der Waals surface area (Å²) >= 11 is 0. The Kier molecular flexibility index (Phi) is 7.14. The Hall–Kier alpha value is -4.72. The Balaban J connectivity index is 0.00000212. The molecule has 210 valence electrons. The highest BCUT2D eigenvalue weighted by atomic mass is 19.3. The van der Waals surface area contributed by atoms with Gasteiger partial charge in [-0.25, -0.2) is 23.7 Å². The number of rotatable bonds is 7. The van der Waals surface area contributed by atoms with Crippen molar-refractivity contribution in [1.82, 2.24) is 19.9 Å². The molecule has 2 aliphatic carbocycles. The zero-order valence-electron chi connectivity index (χ0n) is 22.6. The third-order valence-electron chi connectivity index (χ3n) is 7.42. The molecule has 2 aromatic heterocycles. The van der Waals surface area contributed by atoms with Gasteiger partial charge in [0.2, 0.25) is 0 Å². The third kappa shape index (κ3) is 6.22. The monoisotopic (exact) mass is 553 g/mol. The maximum Gasteiger partial charge on any atom is 0.251 e. The molecule has 2 N–H and O–H groups in total. The molecule has 0 saturated carbocycles. The zero-order chi connectivity index (χ0) is 28.4. The summed E-state index contributed by atoms with van der Waals surface area (Å²) in [6, 6.07) is 15.8. The Labute approximate surface area is 240 Å². The van der Waals surface area contributed by atoms with Crippen molar-refractivity contribution >= 4 is 23.4 Å². The van der Waals surface area contributed by atoms with E-state index in [2.05, 4.69) is 26.3 Å². The van der Waals surface area contributed by atoms with Crippen molar-refractivity contribution < 1.29 is 16.4 Å². The molecule has 2 aliphatic rings. The van der Waals surface area contributed by atoms with E-state index in [1.165, 1.54) is 6.08 Å². The van der Waals surface area contributed by atoms with Crippen LogP contribution in [-0.2, 0) is 11.2 Å². The Morgan fingerprint density at radius 3 is 2.68 bits per heavy atom. The van der Waals surface area contributed by atoms with Gasteiger partial charge in [-0.05, 0) is 66.8 Å². The van der Waals surface area contributed by atoms with Crippen LogP contribution in [0.1, 0.15) is 46.6 Å². The predicted octanol–water partition coefficient (Wildman–Crippen LogP) is 8.36. The van der Waals surface area contributed by atoms with Crippen molar-refractivity contribution in [3.05, 3.63) is 107 Å². The van der Waals surface area contributed by atoms with Crippen molar-refractivity contribution in [2.75, 3.05) is 5.32 Å². The number of allylic oxidation sites excluding steroid dienone is 5. The molecular weight excluding hydrogens is 520 g/mol. The first kappa shape index (κ1) is 26.5. The number of fused-ring (bicyclic) bond motifs is 1. The maximum atomic E-state index is 13.5. The number of H-pyrrole nitrogens is 1. The van der Waals surface area contributed by atoms with Gasteiger partial charge >= 0.3 is 0 Å². The summed E-state index contributed by atoms with van der Waals surface area (Å²) < 4.78 is 27.0. The van der Waals surface area contributed by atoms with Crippen LogP contribution in [0.25, 0.3) is 28.7 Å². The number of alkyl halides is 2. The summed E-state index contributed by atoms with van der Waals surface area (Å²) in [6.45, 7) is 2.00. The molecule has 0 aliphatic heterocycles. The van der Waals surface area contributed by atoms with Crippen molar-refractivity contribution in [2.24, 2.45) is 0 Å². The van der Waals surface area contributed by atoms with Gasteiger partial charge in [0.05, 0.1) is 18.2 Å². The fourth-order valence-corrected chi connectivity index (χ4v) is 5.20. The first-order valence-electron chi connectivity index (χ1n) is 13.6. The van der Waals surface area contributed by atoms with Crippen LogP contribution in [0, 0.1) is 0 Å². The lowest BCUT2D eigenvalue weighted by Crippen LogP contribution is -2.19. The number of ketones is 1. The lowest BCUT2D eigenvalue weighted by atomic mass is 9.91. The summed E-state index contributed by atoms with van der Waals surface area (Å²) in [6.07, 6.45) is 11.2. The fraction of sp³-hybridized carbons (Fsp3) is 0.212. The molecule has 0 radical (unpaired) electrons. The number of hydrogen-bond donors (Lipinski definition) is 2. The van der Waals surface area contributed by atoms with Gasteiger partial charge in [0, 0.05) is 45.1 Å². The zero-order valence-corrected chi connectivity index (χ0v) is 22.6. The molecule has 2 aromatic carbocycles. The number of aromatic nitrogens is 4. The molecule has 0 bridgehead atoms. The third-order valence-corrected chi connectivity index (χ3v) is 7.42. The number of benzene rings is 2. The van der Waals surface area contributed by atoms with Gasteiger partial charge in [-0.2, -0.15) is 0 Å². The molecular formula is C33H33F2N5O. The second-order valence-electron chi connectivity index (χ2n) is 10.6. The Morgan fingerprint density at radius 1 is 1.10 bits per heavy atom. The average molecular weight is 554 g/mol. The minimum Gasteiger partial charge on any atom is -0.345 e. The molecule has 6 nitrogen and oxygen atoms in total. The van der Waals surface area contributed by atoms with Crippen LogP contribution in [0.4, 0.5) is 20.3 Å². The number of Topliss-reactive ketones (excluding diaryl/α,β-unsaturated/α-hetero) is 1. The number of hydrogen-bond acceptors (Lipinski definition) is 5. The molecule has 0 fully saturated rings. The molecule has 2 heterocycles. The molecule has 0 spiro atoms. The predicted molar refractivity (Wildman–Crippen MR) is 161 cm³/mol. The lowest BCUT2D eigenvalue weighted by Gasteiger charge is -2.21. The van der Waals surface area contributed by atoms with Crippen molar-refractivity contribution in [3.8, 4) is 22.6 Å². The first-order valence-corrected chi connectivity index (χ1v) is 13.6. The number of imidazole rings is 1. The van der Waals surface area contributed by atoms with Crippen LogP contribution in [0.15, 0.2) is 96.1 Å². The molecule has 0 amide bonds. The Bertz CT molecular complexity index is 1700. The number of halogens is 2. The number of anilines is 2. The van der Waals surface area contributed by atoms with Gasteiger partial charge in [0.25, 0.3) is 5.92 Å². The number of carbonyl (C=O) groups excluding carboxylic acids is 1. The second kappa shape index (κ2) is 11.0. The molecule has 0 saturated heterocycles. The molecule has 8 heteroatoms. The van der Waals surface area contributed by atoms with Crippen LogP contribution >= 0.6 is 0 Å². The minimum atomic E-state index is -2.66. The molecule has 0 atom stereocenters. The van der Waals surface area contributed by atoms with Crippen LogP contribution in [0.5, 0.6) is 0 Å². The van der Waals surface area contributed by atoms with E-state index < -0.39 is 5.92 Å². The Morgan fingerprint density at radius 2 is 1.93 bits per heavy atom. The van der Waals surface area contributed by atoms with Gasteiger partial charge in [-0.3, -0.25) is 4.79 Å². The average Bonchev–Trinajstić information content (AvgIpc) is 3.44. The van der Waals surface area contributed by atoms with E-state index in [-0.39, 0.29) is 34.3 Å². The van der Waals surface area contributed by atoms with Crippen molar-refractivity contribution in [3.63, 3.8) is 0 Å². The topological polar surface area (TPSA) is 83.6 Å².